The Morgan fingerprint density at radius 2 is 2.16 bits per heavy atom. The number of aryl methyl sites for hydroxylation is 1. The number of aromatic nitrogens is 2. The predicted octanol–water partition coefficient (Wildman–Crippen LogP) is 3.62. The zero-order valence-electron chi connectivity index (χ0n) is 21.5. The maximum atomic E-state index is 12.7. The molecule has 5 rings (SSSR count). The molecule has 4 heterocycles. The lowest BCUT2D eigenvalue weighted by atomic mass is 10.0. The molecule has 2 aliphatic heterocycles. The number of fused-ring (bicyclic) bond motifs is 1. The summed E-state index contributed by atoms with van der Waals surface area (Å²) in [6.07, 6.45) is 13.7. The van der Waals surface area contributed by atoms with Gasteiger partial charge in [-0.3, -0.25) is 9.88 Å². The SMILES string of the molecule is COc1ccc2nccc(CCCN(CCN)C[C@@H]3CN(C4=COC=C(C5=CC=CCC5)O4)C(=O)O3)c2n1. The number of carbonyl (C=O) groups is 1. The molecule has 38 heavy (non-hydrogen) atoms. The van der Waals surface area contributed by atoms with Crippen molar-refractivity contribution in [2.24, 2.45) is 5.73 Å². The molecule has 2 N–H and O–H groups in total. The van der Waals surface area contributed by atoms with Crippen LogP contribution >= 0.6 is 0 Å². The lowest BCUT2D eigenvalue weighted by Gasteiger charge is -2.25. The highest BCUT2D eigenvalue weighted by molar-refractivity contribution is 5.78. The number of hydrogen-bond acceptors (Lipinski definition) is 9. The number of carbonyl (C=O) groups excluding carboxylic acids is 1. The standard InChI is InChI=1S/C28H33N5O5/c1-35-25-10-9-23-27(31-25)21(11-13-30-23)8-5-14-32(15-12-29)16-22-17-33(28(34)37-22)26-19-36-18-24(38-26)20-6-3-2-4-7-20/h2-3,6,9-11,13,18-19,22H,4-5,7-8,12,14-17,29H2,1H3/t22-/m1/s1. The smallest absolute Gasteiger partial charge is 0.417 e. The summed E-state index contributed by atoms with van der Waals surface area (Å²) in [5.74, 6) is 1.52. The first-order valence-electron chi connectivity index (χ1n) is 12.9. The van der Waals surface area contributed by atoms with Gasteiger partial charge in [0.1, 0.15) is 12.4 Å². The van der Waals surface area contributed by atoms with Gasteiger partial charge in [0, 0.05) is 31.9 Å². The van der Waals surface area contributed by atoms with Gasteiger partial charge in [-0.1, -0.05) is 18.2 Å². The van der Waals surface area contributed by atoms with Gasteiger partial charge >= 0.3 is 6.09 Å². The molecule has 10 heteroatoms. The average molecular weight is 520 g/mol. The summed E-state index contributed by atoms with van der Waals surface area (Å²) in [5, 5.41) is 0. The number of nitrogens with two attached hydrogens (primary N) is 1. The van der Waals surface area contributed by atoms with Crippen molar-refractivity contribution in [1.29, 1.82) is 0 Å². The van der Waals surface area contributed by atoms with E-state index in [1.165, 1.54) is 11.2 Å². The van der Waals surface area contributed by atoms with Gasteiger partial charge < -0.3 is 24.7 Å². The fourth-order valence-electron chi connectivity index (χ4n) is 4.81. The molecule has 0 spiro atoms. The summed E-state index contributed by atoms with van der Waals surface area (Å²) in [5.41, 5.74) is 9.75. The van der Waals surface area contributed by atoms with E-state index in [9.17, 15) is 4.79 Å². The first-order chi connectivity index (χ1) is 18.6. The highest BCUT2D eigenvalue weighted by Crippen LogP contribution is 2.29. The number of ether oxygens (including phenoxy) is 4. The molecular weight excluding hydrogens is 486 g/mol. The molecule has 1 aliphatic carbocycles. The van der Waals surface area contributed by atoms with E-state index in [0.29, 0.717) is 43.7 Å². The highest BCUT2D eigenvalue weighted by Gasteiger charge is 2.37. The van der Waals surface area contributed by atoms with Gasteiger partial charge in [-0.25, -0.2) is 14.7 Å². The average Bonchev–Trinajstić information content (AvgIpc) is 3.33. The fraction of sp³-hybridized carbons (Fsp3) is 0.393. The third kappa shape index (κ3) is 5.98. The van der Waals surface area contributed by atoms with Crippen LogP contribution in [-0.4, -0.2) is 71.8 Å². The normalized spacial score (nSPS) is 19.0. The maximum Gasteiger partial charge on any atom is 0.417 e. The lowest BCUT2D eigenvalue weighted by molar-refractivity contribution is 0.103. The van der Waals surface area contributed by atoms with E-state index in [2.05, 4.69) is 20.9 Å². The minimum atomic E-state index is -0.445. The van der Waals surface area contributed by atoms with Crippen LogP contribution in [0.15, 0.2) is 72.4 Å². The largest absolute Gasteiger partial charge is 0.481 e. The van der Waals surface area contributed by atoms with Gasteiger partial charge in [-0.2, -0.15) is 0 Å². The van der Waals surface area contributed by atoms with Crippen molar-refractivity contribution in [3.05, 3.63) is 77.9 Å². The second-order valence-electron chi connectivity index (χ2n) is 9.34. The van der Waals surface area contributed by atoms with Crippen LogP contribution < -0.4 is 10.5 Å². The van der Waals surface area contributed by atoms with Crippen molar-refractivity contribution in [3.8, 4) is 5.88 Å². The quantitative estimate of drug-likeness (QED) is 0.476. The Kier molecular flexibility index (Phi) is 8.20. The Bertz CT molecular complexity index is 1290. The number of cyclic esters (lactones) is 1. The zero-order chi connectivity index (χ0) is 26.3. The topological polar surface area (TPSA) is 112 Å². The van der Waals surface area contributed by atoms with E-state index in [1.807, 2.05) is 36.5 Å². The van der Waals surface area contributed by atoms with Crippen LogP contribution in [0.5, 0.6) is 5.88 Å². The first-order valence-corrected chi connectivity index (χ1v) is 12.9. The Balaban J connectivity index is 1.16. The molecule has 0 saturated carbocycles. The summed E-state index contributed by atoms with van der Waals surface area (Å²) in [7, 11) is 1.61. The molecule has 1 atom stereocenters. The van der Waals surface area contributed by atoms with Crippen molar-refractivity contribution < 1.29 is 23.7 Å². The molecule has 3 aliphatic rings. The lowest BCUT2D eigenvalue weighted by Crippen LogP contribution is -2.38. The van der Waals surface area contributed by atoms with Crippen LogP contribution in [0.1, 0.15) is 24.8 Å². The highest BCUT2D eigenvalue weighted by atomic mass is 16.6. The molecule has 0 aromatic carbocycles. The third-order valence-electron chi connectivity index (χ3n) is 6.71. The Hall–Kier alpha value is -3.89. The van der Waals surface area contributed by atoms with Crippen LogP contribution in [-0.2, 0) is 20.6 Å². The van der Waals surface area contributed by atoms with Gasteiger partial charge in [0.25, 0.3) is 0 Å². The van der Waals surface area contributed by atoms with Crippen molar-refractivity contribution in [1.82, 2.24) is 19.8 Å². The van der Waals surface area contributed by atoms with E-state index < -0.39 is 6.09 Å². The van der Waals surface area contributed by atoms with Gasteiger partial charge in [0.2, 0.25) is 11.8 Å². The summed E-state index contributed by atoms with van der Waals surface area (Å²) in [6, 6.07) is 5.74. The van der Waals surface area contributed by atoms with Crippen LogP contribution in [0.25, 0.3) is 11.0 Å². The van der Waals surface area contributed by atoms with Gasteiger partial charge in [0.15, 0.2) is 12.0 Å². The second-order valence-corrected chi connectivity index (χ2v) is 9.34. The number of nitrogens with zero attached hydrogens (tertiary/aromatic N) is 4. The number of rotatable bonds is 11. The number of pyridine rings is 2. The summed E-state index contributed by atoms with van der Waals surface area (Å²) >= 11 is 0. The van der Waals surface area contributed by atoms with Crippen molar-refractivity contribution in [2.75, 3.05) is 39.8 Å². The van der Waals surface area contributed by atoms with Crippen molar-refractivity contribution >= 4 is 17.1 Å². The van der Waals surface area contributed by atoms with Gasteiger partial charge in [0.05, 0.1) is 24.7 Å². The van der Waals surface area contributed by atoms with Gasteiger partial charge in [-0.15, -0.1) is 0 Å². The fourth-order valence-corrected chi connectivity index (χ4v) is 4.81. The van der Waals surface area contributed by atoms with E-state index in [1.54, 1.807) is 13.4 Å². The molecule has 1 amide bonds. The Morgan fingerprint density at radius 1 is 1.24 bits per heavy atom. The van der Waals surface area contributed by atoms with E-state index >= 15 is 0 Å². The summed E-state index contributed by atoms with van der Waals surface area (Å²) in [4.78, 5) is 25.4. The molecule has 0 radical (unpaired) electrons. The molecule has 2 aromatic heterocycles. The van der Waals surface area contributed by atoms with Gasteiger partial charge in [-0.05, 0) is 55.5 Å². The maximum absolute atomic E-state index is 12.7. The molecule has 0 unspecified atom stereocenters. The molecule has 200 valence electrons. The molecular formula is C28H33N5O5. The molecule has 2 aromatic rings. The minimum absolute atomic E-state index is 0.308. The van der Waals surface area contributed by atoms with E-state index in [0.717, 1.165) is 54.4 Å². The molecule has 0 bridgehead atoms. The van der Waals surface area contributed by atoms with Crippen LogP contribution in [0.2, 0.25) is 0 Å². The third-order valence-corrected chi connectivity index (χ3v) is 6.71. The Labute approximate surface area is 222 Å². The van der Waals surface area contributed by atoms with Crippen LogP contribution in [0, 0.1) is 0 Å². The molecule has 1 fully saturated rings. The van der Waals surface area contributed by atoms with Crippen molar-refractivity contribution in [3.63, 3.8) is 0 Å². The van der Waals surface area contributed by atoms with E-state index in [-0.39, 0.29) is 6.10 Å². The Morgan fingerprint density at radius 3 is 2.97 bits per heavy atom. The zero-order valence-corrected chi connectivity index (χ0v) is 21.5. The number of hydrogen-bond donors (Lipinski definition) is 1. The predicted molar refractivity (Wildman–Crippen MR) is 142 cm³/mol. The number of allylic oxidation sites excluding steroid dienone is 4. The van der Waals surface area contributed by atoms with Crippen molar-refractivity contribution in [2.45, 2.75) is 31.8 Å². The first kappa shape index (κ1) is 25.7. The second kappa shape index (κ2) is 12.1. The van der Waals surface area contributed by atoms with E-state index in [4.69, 9.17) is 24.7 Å². The summed E-state index contributed by atoms with van der Waals surface area (Å²) in [6.45, 7) is 2.97. The molecule has 10 nitrogen and oxygen atoms in total. The van der Waals surface area contributed by atoms with Crippen LogP contribution in [0.3, 0.4) is 0 Å². The van der Waals surface area contributed by atoms with Crippen LogP contribution in [0.4, 0.5) is 4.79 Å². The number of methoxy groups -OCH3 is 1. The monoisotopic (exact) mass is 519 g/mol. The molecule has 1 saturated heterocycles. The summed E-state index contributed by atoms with van der Waals surface area (Å²) < 4.78 is 22.5. The minimum Gasteiger partial charge on any atom is -0.481 e. The number of amides is 1.